The molecule has 0 aliphatic heterocycles. The summed E-state index contributed by atoms with van der Waals surface area (Å²) in [4.78, 5) is 4.20. The van der Waals surface area contributed by atoms with Crippen LogP contribution >= 0.6 is 0 Å². The number of hydrogen-bond donors (Lipinski definition) is 1. The van der Waals surface area contributed by atoms with Gasteiger partial charge in [0.05, 0.1) is 6.54 Å². The number of alkyl halides is 2. The molecule has 0 amide bonds. The van der Waals surface area contributed by atoms with Crippen LogP contribution in [0.4, 0.5) is 8.78 Å². The summed E-state index contributed by atoms with van der Waals surface area (Å²) in [6.07, 6.45) is 0.473. The molecule has 1 atom stereocenters. The Hall–Kier alpha value is -3.49. The molecule has 0 bridgehead atoms. The first-order valence-corrected chi connectivity index (χ1v) is 10.7. The Morgan fingerprint density at radius 1 is 1.03 bits per heavy atom. The Labute approximate surface area is 184 Å². The fourth-order valence-electron chi connectivity index (χ4n) is 3.43. The summed E-state index contributed by atoms with van der Waals surface area (Å²) in [5.41, 5.74) is 3.91. The van der Waals surface area contributed by atoms with E-state index in [0.29, 0.717) is 18.2 Å². The maximum absolute atomic E-state index is 14.2. The third-order valence-corrected chi connectivity index (χ3v) is 5.63. The third kappa shape index (κ3) is 4.42. The van der Waals surface area contributed by atoms with Gasteiger partial charge in [0.1, 0.15) is 5.82 Å². The average Bonchev–Trinajstić information content (AvgIpc) is 3.50. The molecule has 2 aromatic carbocycles. The van der Waals surface area contributed by atoms with Crippen LogP contribution in [0.3, 0.4) is 0 Å². The minimum absolute atomic E-state index is 0.0384. The molecule has 0 aliphatic rings. The summed E-state index contributed by atoms with van der Waals surface area (Å²) < 4.78 is 30.0. The lowest BCUT2D eigenvalue weighted by atomic mass is 10.0. The van der Waals surface area contributed by atoms with Crippen molar-refractivity contribution in [3.63, 3.8) is 0 Å². The van der Waals surface area contributed by atoms with Gasteiger partial charge in [0, 0.05) is 17.9 Å². The molecule has 166 valence electrons. The summed E-state index contributed by atoms with van der Waals surface area (Å²) in [6.45, 7) is 5.82. The van der Waals surface area contributed by atoms with E-state index >= 15 is 0 Å². The zero-order chi connectivity index (χ0) is 22.7. The van der Waals surface area contributed by atoms with E-state index in [2.05, 4.69) is 30.7 Å². The number of rotatable bonds is 8. The standard InChI is InChI=1S/C23H25F2N7/c1-4-15(3)21-26-22(23(24,25)5-2)29-32(21)14-16-9-11-17(12-10-16)18-7-6-8-19(13-18)20-27-30-31-28-20/h6-13,15H,4-5,14H2,1-3H3,(H,27,28,30,31). The van der Waals surface area contributed by atoms with E-state index in [0.717, 1.165) is 28.7 Å². The molecule has 4 aromatic rings. The molecule has 0 radical (unpaired) electrons. The van der Waals surface area contributed by atoms with Crippen molar-refractivity contribution in [1.82, 2.24) is 35.4 Å². The van der Waals surface area contributed by atoms with Crippen molar-refractivity contribution in [2.75, 3.05) is 0 Å². The molecule has 0 fully saturated rings. The highest BCUT2D eigenvalue weighted by Gasteiger charge is 2.35. The quantitative estimate of drug-likeness (QED) is 0.410. The van der Waals surface area contributed by atoms with Gasteiger partial charge in [-0.05, 0) is 39.6 Å². The maximum atomic E-state index is 14.2. The summed E-state index contributed by atoms with van der Waals surface area (Å²) in [5, 5.41) is 18.1. The average molecular weight is 437 g/mol. The van der Waals surface area contributed by atoms with Gasteiger partial charge in [0.2, 0.25) is 5.82 Å². The van der Waals surface area contributed by atoms with E-state index in [1.807, 2.05) is 62.4 Å². The van der Waals surface area contributed by atoms with Gasteiger partial charge in [-0.3, -0.25) is 0 Å². The molecule has 4 rings (SSSR count). The summed E-state index contributed by atoms with van der Waals surface area (Å²) in [6, 6.07) is 15.9. The van der Waals surface area contributed by atoms with E-state index in [-0.39, 0.29) is 12.3 Å². The maximum Gasteiger partial charge on any atom is 0.308 e. The normalized spacial score (nSPS) is 12.8. The van der Waals surface area contributed by atoms with Crippen molar-refractivity contribution < 1.29 is 8.78 Å². The van der Waals surface area contributed by atoms with E-state index in [4.69, 9.17) is 0 Å². The number of benzene rings is 2. The summed E-state index contributed by atoms with van der Waals surface area (Å²) in [5.74, 6) is -2.19. The molecular weight excluding hydrogens is 412 g/mol. The second-order valence-corrected chi connectivity index (χ2v) is 7.85. The molecule has 0 spiro atoms. The minimum atomic E-state index is -3.03. The second kappa shape index (κ2) is 8.94. The monoisotopic (exact) mass is 437 g/mol. The fraction of sp³-hybridized carbons (Fsp3) is 0.348. The Morgan fingerprint density at radius 3 is 2.44 bits per heavy atom. The molecule has 2 heterocycles. The zero-order valence-electron chi connectivity index (χ0n) is 18.3. The smallest absolute Gasteiger partial charge is 0.245 e. The van der Waals surface area contributed by atoms with Gasteiger partial charge >= 0.3 is 5.92 Å². The first-order valence-electron chi connectivity index (χ1n) is 10.7. The largest absolute Gasteiger partial charge is 0.308 e. The van der Waals surface area contributed by atoms with Crippen molar-refractivity contribution >= 4 is 0 Å². The number of H-pyrrole nitrogens is 1. The van der Waals surface area contributed by atoms with Gasteiger partial charge in [-0.25, -0.2) is 14.8 Å². The van der Waals surface area contributed by atoms with Crippen LogP contribution in [0.1, 0.15) is 56.7 Å². The minimum Gasteiger partial charge on any atom is -0.245 e. The van der Waals surface area contributed by atoms with Crippen LogP contribution in [0.5, 0.6) is 0 Å². The number of aromatic nitrogens is 7. The predicted molar refractivity (Wildman–Crippen MR) is 117 cm³/mol. The second-order valence-electron chi connectivity index (χ2n) is 7.85. The van der Waals surface area contributed by atoms with Crippen LogP contribution in [0, 0.1) is 0 Å². The molecule has 7 nitrogen and oxygen atoms in total. The lowest BCUT2D eigenvalue weighted by Gasteiger charge is -2.11. The molecule has 9 heteroatoms. The molecule has 1 N–H and O–H groups in total. The molecule has 2 aromatic heterocycles. The highest BCUT2D eigenvalue weighted by Crippen LogP contribution is 2.31. The lowest BCUT2D eigenvalue weighted by molar-refractivity contribution is -0.0177. The molecule has 32 heavy (non-hydrogen) atoms. The van der Waals surface area contributed by atoms with Crippen molar-refractivity contribution in [2.24, 2.45) is 0 Å². The van der Waals surface area contributed by atoms with Gasteiger partial charge in [0.25, 0.3) is 0 Å². The number of tetrazole rings is 1. The van der Waals surface area contributed by atoms with Crippen molar-refractivity contribution in [1.29, 1.82) is 0 Å². The molecular formula is C23H25F2N7. The van der Waals surface area contributed by atoms with E-state index in [1.54, 1.807) is 4.68 Å². The zero-order valence-corrected chi connectivity index (χ0v) is 18.3. The lowest BCUT2D eigenvalue weighted by Crippen LogP contribution is -2.14. The molecule has 0 saturated carbocycles. The number of halogens is 2. The van der Waals surface area contributed by atoms with Crippen LogP contribution in [0.2, 0.25) is 0 Å². The van der Waals surface area contributed by atoms with Gasteiger partial charge in [0.15, 0.2) is 5.82 Å². The van der Waals surface area contributed by atoms with Crippen LogP contribution in [-0.2, 0) is 12.5 Å². The first kappa shape index (κ1) is 21.7. The summed E-state index contributed by atoms with van der Waals surface area (Å²) >= 11 is 0. The SMILES string of the molecule is CCC(C)c1nc(C(F)(F)CC)nn1Cc1ccc(-c2cccc(-c3nnn[nH]3)c2)cc1. The van der Waals surface area contributed by atoms with Crippen molar-refractivity contribution in [3.05, 3.63) is 65.7 Å². The van der Waals surface area contributed by atoms with Gasteiger partial charge in [-0.2, -0.15) is 8.78 Å². The van der Waals surface area contributed by atoms with Crippen LogP contribution < -0.4 is 0 Å². The molecule has 0 aliphatic carbocycles. The van der Waals surface area contributed by atoms with Crippen molar-refractivity contribution in [2.45, 2.75) is 52.0 Å². The number of hydrogen-bond acceptors (Lipinski definition) is 5. The Balaban J connectivity index is 1.59. The number of nitrogens with zero attached hydrogens (tertiary/aromatic N) is 6. The molecule has 1 unspecified atom stereocenters. The van der Waals surface area contributed by atoms with Gasteiger partial charge in [-0.1, -0.05) is 63.2 Å². The molecule has 0 saturated heterocycles. The fourth-order valence-corrected chi connectivity index (χ4v) is 3.43. The number of aromatic amines is 1. The number of nitrogens with one attached hydrogen (secondary N) is 1. The van der Waals surface area contributed by atoms with Crippen molar-refractivity contribution in [3.8, 4) is 22.5 Å². The Morgan fingerprint density at radius 2 is 1.78 bits per heavy atom. The first-order chi connectivity index (χ1) is 15.4. The van der Waals surface area contributed by atoms with Crippen LogP contribution in [0.15, 0.2) is 48.5 Å². The van der Waals surface area contributed by atoms with E-state index in [1.165, 1.54) is 6.92 Å². The van der Waals surface area contributed by atoms with E-state index in [9.17, 15) is 8.78 Å². The van der Waals surface area contributed by atoms with Gasteiger partial charge in [-0.15, -0.1) is 10.2 Å². The highest BCUT2D eigenvalue weighted by molar-refractivity contribution is 5.70. The highest BCUT2D eigenvalue weighted by atomic mass is 19.3. The van der Waals surface area contributed by atoms with Gasteiger partial charge < -0.3 is 0 Å². The Bertz CT molecular complexity index is 1170. The predicted octanol–water partition coefficient (Wildman–Crippen LogP) is 5.19. The van der Waals surface area contributed by atoms with E-state index < -0.39 is 11.7 Å². The Kier molecular flexibility index (Phi) is 6.07. The summed E-state index contributed by atoms with van der Waals surface area (Å²) in [7, 11) is 0. The topological polar surface area (TPSA) is 85.2 Å². The van der Waals surface area contributed by atoms with Crippen LogP contribution in [-0.4, -0.2) is 35.4 Å². The van der Waals surface area contributed by atoms with Crippen LogP contribution in [0.25, 0.3) is 22.5 Å². The third-order valence-electron chi connectivity index (χ3n) is 5.63.